The van der Waals surface area contributed by atoms with E-state index in [9.17, 15) is 4.79 Å². The summed E-state index contributed by atoms with van der Waals surface area (Å²) in [5.74, 6) is 1.27. The van der Waals surface area contributed by atoms with Gasteiger partial charge in [-0.05, 0) is 38.8 Å². The number of rotatable bonds is 10. The van der Waals surface area contributed by atoms with Crippen molar-refractivity contribution in [3.8, 4) is 5.75 Å². The summed E-state index contributed by atoms with van der Waals surface area (Å²) >= 11 is 2.87. The molecular weight excluding hydrogens is 380 g/mol. The monoisotopic (exact) mass is 408 g/mol. The number of benzene rings is 1. The Labute approximate surface area is 169 Å². The molecule has 0 bridgehead atoms. The molecule has 1 aromatic heterocycles. The first-order valence-corrected chi connectivity index (χ1v) is 11.0. The Morgan fingerprint density at radius 2 is 1.89 bits per heavy atom. The summed E-state index contributed by atoms with van der Waals surface area (Å²) in [5.41, 5.74) is 0.837. The molecule has 0 saturated heterocycles. The first-order valence-electron chi connectivity index (χ1n) is 9.17. The summed E-state index contributed by atoms with van der Waals surface area (Å²) in [7, 11) is 1.63. The number of carbonyl (C=O) groups is 1. The molecule has 0 unspecified atom stereocenters. The zero-order chi connectivity index (χ0) is 19.8. The molecule has 1 aromatic carbocycles. The third-order valence-corrected chi connectivity index (χ3v) is 6.45. The van der Waals surface area contributed by atoms with Gasteiger partial charge >= 0.3 is 0 Å². The molecule has 0 fully saturated rings. The number of hydrogen-bond acceptors (Lipinski definition) is 7. The van der Waals surface area contributed by atoms with Gasteiger partial charge < -0.3 is 15.0 Å². The molecule has 2 atom stereocenters. The fourth-order valence-corrected chi connectivity index (χ4v) is 4.33. The van der Waals surface area contributed by atoms with E-state index in [-0.39, 0.29) is 18.0 Å². The van der Waals surface area contributed by atoms with Gasteiger partial charge in [0.15, 0.2) is 4.34 Å². The predicted molar refractivity (Wildman–Crippen MR) is 113 cm³/mol. The summed E-state index contributed by atoms with van der Waals surface area (Å²) in [6, 6.07) is 8.13. The van der Waals surface area contributed by atoms with Gasteiger partial charge in [0.05, 0.1) is 18.6 Å². The highest BCUT2D eigenvalue weighted by Crippen LogP contribution is 2.31. The van der Waals surface area contributed by atoms with Crippen LogP contribution in [0.2, 0.25) is 0 Å². The van der Waals surface area contributed by atoms with Crippen LogP contribution in [-0.2, 0) is 4.79 Å². The van der Waals surface area contributed by atoms with Crippen LogP contribution in [-0.4, -0.2) is 46.0 Å². The van der Waals surface area contributed by atoms with Crippen LogP contribution in [0.25, 0.3) is 0 Å². The molecule has 0 aliphatic carbocycles. The lowest BCUT2D eigenvalue weighted by Gasteiger charge is -2.33. The van der Waals surface area contributed by atoms with Crippen LogP contribution in [0.4, 0.5) is 10.8 Å². The molecule has 27 heavy (non-hydrogen) atoms. The number of amides is 1. The van der Waals surface area contributed by atoms with E-state index in [1.165, 1.54) is 23.1 Å². The quantitative estimate of drug-likeness (QED) is 0.569. The number of hydrogen-bond donors (Lipinski definition) is 1. The molecule has 1 amide bonds. The number of aromatic nitrogens is 2. The molecular formula is C19H28N4O2S2. The van der Waals surface area contributed by atoms with Gasteiger partial charge in [-0.3, -0.25) is 4.79 Å². The van der Waals surface area contributed by atoms with E-state index in [0.717, 1.165) is 28.6 Å². The molecule has 0 radical (unpaired) electrons. The Morgan fingerprint density at radius 3 is 2.52 bits per heavy atom. The van der Waals surface area contributed by atoms with Crippen molar-refractivity contribution in [2.75, 3.05) is 18.2 Å². The van der Waals surface area contributed by atoms with Crippen molar-refractivity contribution >= 4 is 39.8 Å². The SMILES string of the molecule is CC[C@@H](C)N(C(=O)CSc1nnc(Nc2ccccc2OC)s1)[C@@H](C)CC. The summed E-state index contributed by atoms with van der Waals surface area (Å²) in [4.78, 5) is 14.7. The Morgan fingerprint density at radius 1 is 1.22 bits per heavy atom. The van der Waals surface area contributed by atoms with Crippen LogP contribution in [0, 0.1) is 0 Å². The predicted octanol–water partition coefficient (Wildman–Crippen LogP) is 4.81. The lowest BCUT2D eigenvalue weighted by atomic mass is 10.1. The minimum atomic E-state index is 0.151. The van der Waals surface area contributed by atoms with Crippen molar-refractivity contribution in [2.24, 2.45) is 0 Å². The number of methoxy groups -OCH3 is 1. The summed E-state index contributed by atoms with van der Waals surface area (Å²) in [6.07, 6.45) is 1.90. The van der Waals surface area contributed by atoms with Crippen LogP contribution in [0.5, 0.6) is 5.75 Å². The number of anilines is 2. The maximum atomic E-state index is 12.7. The van der Waals surface area contributed by atoms with Crippen LogP contribution in [0.1, 0.15) is 40.5 Å². The fraction of sp³-hybridized carbons (Fsp3) is 0.526. The number of nitrogens with one attached hydrogen (secondary N) is 1. The molecule has 6 nitrogen and oxygen atoms in total. The molecule has 148 valence electrons. The van der Waals surface area contributed by atoms with Crippen molar-refractivity contribution in [1.29, 1.82) is 0 Å². The molecule has 8 heteroatoms. The van der Waals surface area contributed by atoms with E-state index in [2.05, 4.69) is 43.2 Å². The van der Waals surface area contributed by atoms with E-state index >= 15 is 0 Å². The minimum Gasteiger partial charge on any atom is -0.495 e. The van der Waals surface area contributed by atoms with Gasteiger partial charge in [0.25, 0.3) is 0 Å². The topological polar surface area (TPSA) is 67.4 Å². The van der Waals surface area contributed by atoms with Crippen molar-refractivity contribution < 1.29 is 9.53 Å². The Hall–Kier alpha value is -1.80. The first kappa shape index (κ1) is 21.5. The highest BCUT2D eigenvalue weighted by atomic mass is 32.2. The van der Waals surface area contributed by atoms with E-state index < -0.39 is 0 Å². The minimum absolute atomic E-state index is 0.151. The van der Waals surface area contributed by atoms with Crippen molar-refractivity contribution in [3.63, 3.8) is 0 Å². The molecule has 1 heterocycles. The Kier molecular flexibility index (Phi) is 8.37. The number of thioether (sulfide) groups is 1. The second-order valence-electron chi connectivity index (χ2n) is 6.30. The second kappa shape index (κ2) is 10.5. The van der Waals surface area contributed by atoms with Gasteiger partial charge in [-0.15, -0.1) is 10.2 Å². The van der Waals surface area contributed by atoms with Crippen LogP contribution in [0.3, 0.4) is 0 Å². The molecule has 2 aromatic rings. The van der Waals surface area contributed by atoms with Crippen molar-refractivity contribution in [3.05, 3.63) is 24.3 Å². The molecule has 1 N–H and O–H groups in total. The molecule has 0 aliphatic rings. The lowest BCUT2D eigenvalue weighted by Crippen LogP contribution is -2.45. The van der Waals surface area contributed by atoms with Gasteiger partial charge in [-0.25, -0.2) is 0 Å². The smallest absolute Gasteiger partial charge is 0.233 e. The van der Waals surface area contributed by atoms with E-state index in [0.29, 0.717) is 10.9 Å². The zero-order valence-electron chi connectivity index (χ0n) is 16.6. The normalized spacial score (nSPS) is 13.1. The maximum Gasteiger partial charge on any atom is 0.233 e. The van der Waals surface area contributed by atoms with Crippen LogP contribution in [0.15, 0.2) is 28.6 Å². The first-order chi connectivity index (χ1) is 13.0. The van der Waals surface area contributed by atoms with Gasteiger partial charge in [0, 0.05) is 12.1 Å². The summed E-state index contributed by atoms with van der Waals surface area (Å²) in [6.45, 7) is 8.44. The molecule has 2 rings (SSSR count). The third-order valence-electron chi connectivity index (χ3n) is 4.49. The van der Waals surface area contributed by atoms with Crippen molar-refractivity contribution in [2.45, 2.75) is 57.0 Å². The number of carbonyl (C=O) groups excluding carboxylic acids is 1. The number of nitrogens with zero attached hydrogens (tertiary/aromatic N) is 3. The highest BCUT2D eigenvalue weighted by molar-refractivity contribution is 8.01. The van der Waals surface area contributed by atoms with Gasteiger partial charge in [0.2, 0.25) is 11.0 Å². The number of ether oxygens (including phenoxy) is 1. The van der Waals surface area contributed by atoms with E-state index in [4.69, 9.17) is 4.74 Å². The summed E-state index contributed by atoms with van der Waals surface area (Å²) < 4.78 is 6.11. The van der Waals surface area contributed by atoms with Gasteiger partial charge in [-0.1, -0.05) is 49.1 Å². The lowest BCUT2D eigenvalue weighted by molar-refractivity contribution is -0.132. The average Bonchev–Trinajstić information content (AvgIpc) is 3.13. The Bertz CT molecular complexity index is 728. The summed E-state index contributed by atoms with van der Waals surface area (Å²) in [5, 5.41) is 12.3. The standard InChI is InChI=1S/C19H28N4O2S2/c1-6-13(3)23(14(4)7-2)17(24)12-26-19-22-21-18(27-19)20-15-10-8-9-11-16(15)25-5/h8-11,13-14H,6-7,12H2,1-5H3,(H,20,21)/t13-,14+. The van der Waals surface area contributed by atoms with Gasteiger partial charge in [-0.2, -0.15) is 0 Å². The molecule has 0 aliphatic heterocycles. The van der Waals surface area contributed by atoms with Crippen LogP contribution < -0.4 is 10.1 Å². The largest absolute Gasteiger partial charge is 0.495 e. The Balaban J connectivity index is 1.98. The van der Waals surface area contributed by atoms with E-state index in [1.807, 2.05) is 29.2 Å². The van der Waals surface area contributed by atoms with Gasteiger partial charge in [0.1, 0.15) is 5.75 Å². The molecule has 0 spiro atoms. The number of para-hydroxylation sites is 2. The highest BCUT2D eigenvalue weighted by Gasteiger charge is 2.23. The second-order valence-corrected chi connectivity index (χ2v) is 8.50. The fourth-order valence-electron chi connectivity index (χ4n) is 2.70. The third kappa shape index (κ3) is 5.84. The molecule has 0 saturated carbocycles. The van der Waals surface area contributed by atoms with Crippen molar-refractivity contribution in [1.82, 2.24) is 15.1 Å². The average molecular weight is 409 g/mol. The zero-order valence-corrected chi connectivity index (χ0v) is 18.2. The van der Waals surface area contributed by atoms with E-state index in [1.54, 1.807) is 7.11 Å². The van der Waals surface area contributed by atoms with Crippen LogP contribution >= 0.6 is 23.1 Å². The maximum absolute atomic E-state index is 12.7.